The fraction of sp³-hybridized carbons (Fsp3) is 0.900. The first kappa shape index (κ1) is 10.7. The van der Waals surface area contributed by atoms with Gasteiger partial charge in [0, 0.05) is 30.9 Å². The summed E-state index contributed by atoms with van der Waals surface area (Å²) in [5, 5.41) is 0. The summed E-state index contributed by atoms with van der Waals surface area (Å²) in [6, 6.07) is 0.152. The average Bonchev–Trinajstić information content (AvgIpc) is 2.32. The van der Waals surface area contributed by atoms with Crippen LogP contribution in [0.2, 0.25) is 0 Å². The van der Waals surface area contributed by atoms with Crippen LogP contribution in [0, 0.1) is 0 Å². The lowest BCUT2D eigenvalue weighted by Crippen LogP contribution is -2.40. The van der Waals surface area contributed by atoms with E-state index < -0.39 is 0 Å². The third kappa shape index (κ3) is 2.51. The van der Waals surface area contributed by atoms with Crippen molar-refractivity contribution in [3.8, 4) is 0 Å². The van der Waals surface area contributed by atoms with Gasteiger partial charge in [-0.05, 0) is 27.7 Å². The second kappa shape index (κ2) is 3.76. The van der Waals surface area contributed by atoms with Crippen LogP contribution in [0.15, 0.2) is 4.99 Å². The minimum atomic E-state index is 0.152. The monoisotopic (exact) mass is 183 g/mol. The molecule has 0 aliphatic carbocycles. The van der Waals surface area contributed by atoms with Crippen LogP contribution in [-0.4, -0.2) is 41.8 Å². The quantitative estimate of drug-likeness (QED) is 0.656. The minimum Gasteiger partial charge on any atom is -0.322 e. The van der Waals surface area contributed by atoms with Gasteiger partial charge in [0.1, 0.15) is 0 Å². The van der Waals surface area contributed by atoms with E-state index >= 15 is 0 Å². The summed E-state index contributed by atoms with van der Waals surface area (Å²) in [4.78, 5) is 6.80. The molecule has 0 radical (unpaired) electrons. The fourth-order valence-electron chi connectivity index (χ4n) is 1.60. The number of rotatable bonds is 1. The van der Waals surface area contributed by atoms with Crippen molar-refractivity contribution in [1.82, 2.24) is 4.90 Å². The SMILES string of the molecule is CCN=C1CN(C(C)(C)C)C[C@@H]1N. The zero-order valence-corrected chi connectivity index (χ0v) is 9.17. The lowest BCUT2D eigenvalue weighted by molar-refractivity contribution is 0.178. The highest BCUT2D eigenvalue weighted by Crippen LogP contribution is 2.18. The Kier molecular flexibility index (Phi) is 3.09. The van der Waals surface area contributed by atoms with Gasteiger partial charge in [-0.1, -0.05) is 0 Å². The molecule has 0 aromatic carbocycles. The summed E-state index contributed by atoms with van der Waals surface area (Å²) in [7, 11) is 0. The Hall–Kier alpha value is -0.410. The summed E-state index contributed by atoms with van der Waals surface area (Å²) in [6.07, 6.45) is 0. The van der Waals surface area contributed by atoms with Gasteiger partial charge in [-0.3, -0.25) is 9.89 Å². The highest BCUT2D eigenvalue weighted by molar-refractivity contribution is 5.93. The summed E-state index contributed by atoms with van der Waals surface area (Å²) in [5.74, 6) is 0. The molecule has 1 saturated heterocycles. The first-order valence-electron chi connectivity index (χ1n) is 4.99. The van der Waals surface area contributed by atoms with Crippen LogP contribution < -0.4 is 5.73 Å². The molecule has 0 bridgehead atoms. The maximum Gasteiger partial charge on any atom is 0.0568 e. The Labute approximate surface area is 81.0 Å². The Morgan fingerprint density at radius 1 is 1.54 bits per heavy atom. The molecule has 1 aliphatic rings. The number of hydrogen-bond donors (Lipinski definition) is 1. The van der Waals surface area contributed by atoms with Gasteiger partial charge in [0.2, 0.25) is 0 Å². The molecule has 0 aromatic heterocycles. The Balaban J connectivity index is 2.66. The molecule has 1 heterocycles. The largest absolute Gasteiger partial charge is 0.322 e. The molecule has 3 heteroatoms. The van der Waals surface area contributed by atoms with Crippen LogP contribution in [0.1, 0.15) is 27.7 Å². The molecule has 1 aliphatic heterocycles. The second-order valence-corrected chi connectivity index (χ2v) is 4.62. The third-order valence-electron chi connectivity index (χ3n) is 2.51. The van der Waals surface area contributed by atoms with E-state index in [4.69, 9.17) is 5.73 Å². The van der Waals surface area contributed by atoms with Gasteiger partial charge >= 0.3 is 0 Å². The lowest BCUT2D eigenvalue weighted by Gasteiger charge is -2.30. The van der Waals surface area contributed by atoms with Gasteiger partial charge in [-0.2, -0.15) is 0 Å². The van der Waals surface area contributed by atoms with Crippen LogP contribution in [0.5, 0.6) is 0 Å². The van der Waals surface area contributed by atoms with Gasteiger partial charge in [-0.25, -0.2) is 0 Å². The van der Waals surface area contributed by atoms with E-state index in [1.165, 1.54) is 0 Å². The Morgan fingerprint density at radius 2 is 2.15 bits per heavy atom. The maximum absolute atomic E-state index is 5.98. The van der Waals surface area contributed by atoms with E-state index in [1.54, 1.807) is 0 Å². The van der Waals surface area contributed by atoms with Gasteiger partial charge in [0.15, 0.2) is 0 Å². The third-order valence-corrected chi connectivity index (χ3v) is 2.51. The zero-order chi connectivity index (χ0) is 10.1. The predicted octanol–water partition coefficient (Wildman–Crippen LogP) is 0.889. The molecule has 1 atom stereocenters. The van der Waals surface area contributed by atoms with E-state index in [-0.39, 0.29) is 11.6 Å². The summed E-state index contributed by atoms with van der Waals surface area (Å²) in [6.45, 7) is 11.4. The molecule has 2 N–H and O–H groups in total. The van der Waals surface area contributed by atoms with Crippen molar-refractivity contribution in [1.29, 1.82) is 0 Å². The van der Waals surface area contributed by atoms with Crippen molar-refractivity contribution in [3.05, 3.63) is 0 Å². The molecule has 76 valence electrons. The van der Waals surface area contributed by atoms with Gasteiger partial charge in [0.25, 0.3) is 0 Å². The molecule has 3 nitrogen and oxygen atoms in total. The first-order chi connectivity index (χ1) is 5.95. The molecule has 13 heavy (non-hydrogen) atoms. The smallest absolute Gasteiger partial charge is 0.0568 e. The number of nitrogens with two attached hydrogens (primary N) is 1. The van der Waals surface area contributed by atoms with Crippen molar-refractivity contribution >= 4 is 5.71 Å². The van der Waals surface area contributed by atoms with E-state index in [9.17, 15) is 0 Å². The van der Waals surface area contributed by atoms with E-state index in [0.29, 0.717) is 0 Å². The molecule has 0 spiro atoms. The van der Waals surface area contributed by atoms with Crippen molar-refractivity contribution in [2.24, 2.45) is 10.7 Å². The Morgan fingerprint density at radius 3 is 2.54 bits per heavy atom. The number of nitrogens with zero attached hydrogens (tertiary/aromatic N) is 2. The molecule has 0 amide bonds. The van der Waals surface area contributed by atoms with Crippen LogP contribution in [0.25, 0.3) is 0 Å². The normalized spacial score (nSPS) is 28.7. The maximum atomic E-state index is 5.98. The van der Waals surface area contributed by atoms with Crippen LogP contribution in [0.4, 0.5) is 0 Å². The van der Waals surface area contributed by atoms with Crippen molar-refractivity contribution in [2.45, 2.75) is 39.3 Å². The Bertz CT molecular complexity index is 203. The molecular weight excluding hydrogens is 162 g/mol. The molecule has 1 rings (SSSR count). The highest BCUT2D eigenvalue weighted by Gasteiger charge is 2.32. The molecule has 1 fully saturated rings. The highest BCUT2D eigenvalue weighted by atomic mass is 15.2. The van der Waals surface area contributed by atoms with E-state index in [1.807, 2.05) is 0 Å². The van der Waals surface area contributed by atoms with Crippen molar-refractivity contribution in [2.75, 3.05) is 19.6 Å². The molecular formula is C10H21N3. The summed E-state index contributed by atoms with van der Waals surface area (Å²) in [5.41, 5.74) is 7.35. The average molecular weight is 183 g/mol. The number of likely N-dealkylation sites (tertiary alicyclic amines) is 1. The first-order valence-corrected chi connectivity index (χ1v) is 4.99. The van der Waals surface area contributed by atoms with Crippen LogP contribution in [0.3, 0.4) is 0 Å². The zero-order valence-electron chi connectivity index (χ0n) is 9.17. The summed E-state index contributed by atoms with van der Waals surface area (Å²) >= 11 is 0. The van der Waals surface area contributed by atoms with Gasteiger partial charge in [-0.15, -0.1) is 0 Å². The summed E-state index contributed by atoms with van der Waals surface area (Å²) < 4.78 is 0. The van der Waals surface area contributed by atoms with Gasteiger partial charge < -0.3 is 5.73 Å². The van der Waals surface area contributed by atoms with Crippen molar-refractivity contribution in [3.63, 3.8) is 0 Å². The fourth-order valence-corrected chi connectivity index (χ4v) is 1.60. The van der Waals surface area contributed by atoms with E-state index in [0.717, 1.165) is 25.3 Å². The second-order valence-electron chi connectivity index (χ2n) is 4.62. The van der Waals surface area contributed by atoms with Crippen molar-refractivity contribution < 1.29 is 0 Å². The predicted molar refractivity (Wildman–Crippen MR) is 57.3 cm³/mol. The molecule has 0 unspecified atom stereocenters. The molecule has 0 saturated carbocycles. The molecule has 0 aromatic rings. The topological polar surface area (TPSA) is 41.6 Å². The van der Waals surface area contributed by atoms with Crippen LogP contribution >= 0.6 is 0 Å². The van der Waals surface area contributed by atoms with E-state index in [2.05, 4.69) is 37.6 Å². The lowest BCUT2D eigenvalue weighted by atomic mass is 10.1. The number of aliphatic imine (C=N–C) groups is 1. The standard InChI is InChI=1S/C10H21N3/c1-5-12-9-7-13(6-8(9)11)10(2,3)4/h8H,5-7,11H2,1-4H3/t8-/m0/s1. The number of hydrogen-bond acceptors (Lipinski definition) is 3. The van der Waals surface area contributed by atoms with Gasteiger partial charge in [0.05, 0.1) is 6.04 Å². The minimum absolute atomic E-state index is 0.152. The van der Waals surface area contributed by atoms with Crippen LogP contribution in [-0.2, 0) is 0 Å².